The molecule has 1 rings (SSSR count). The van der Waals surface area contributed by atoms with Crippen LogP contribution in [-0.4, -0.2) is 17.4 Å². The fourth-order valence-electron chi connectivity index (χ4n) is 1.01. The maximum absolute atomic E-state index is 10.2. The molecule has 0 heterocycles. The minimum Gasteiger partial charge on any atom is -0.465 e. The molecule has 14 heavy (non-hydrogen) atoms. The third-order valence-electron chi connectivity index (χ3n) is 1.67. The zero-order valence-electron chi connectivity index (χ0n) is 7.93. The van der Waals surface area contributed by atoms with E-state index in [-0.39, 0.29) is 0 Å². The molecule has 1 aromatic carbocycles. The molecule has 1 unspecified atom stereocenters. The highest BCUT2D eigenvalue weighted by Gasteiger charge is 2.04. The Hall–Kier alpha value is -1.55. The monoisotopic (exact) mass is 195 g/mol. The third kappa shape index (κ3) is 3.91. The van der Waals surface area contributed by atoms with Crippen LogP contribution in [0.15, 0.2) is 30.3 Å². The Morgan fingerprint density at radius 2 is 2.14 bits per heavy atom. The molecule has 0 fully saturated rings. The highest BCUT2D eigenvalue weighted by molar-refractivity contribution is 5.64. The first-order chi connectivity index (χ1) is 6.68. The molecular formula is C10H13NO3. The summed E-state index contributed by atoms with van der Waals surface area (Å²) in [5.74, 6) is 0. The largest absolute Gasteiger partial charge is 0.465 e. The SMILES string of the molecule is CC(NC(=O)O)OCc1ccccc1. The number of amides is 1. The van der Waals surface area contributed by atoms with Crippen molar-refractivity contribution in [3.8, 4) is 0 Å². The Kier molecular flexibility index (Phi) is 3.94. The van der Waals surface area contributed by atoms with Crippen molar-refractivity contribution in [1.82, 2.24) is 5.32 Å². The van der Waals surface area contributed by atoms with Crippen LogP contribution in [0.5, 0.6) is 0 Å². The first kappa shape index (κ1) is 10.5. The summed E-state index contributed by atoms with van der Waals surface area (Å²) in [5.41, 5.74) is 1.02. The van der Waals surface area contributed by atoms with Crippen molar-refractivity contribution in [3.05, 3.63) is 35.9 Å². The van der Waals surface area contributed by atoms with Crippen LogP contribution >= 0.6 is 0 Å². The topological polar surface area (TPSA) is 58.6 Å². The lowest BCUT2D eigenvalue weighted by atomic mass is 10.2. The number of rotatable bonds is 4. The molecule has 4 heteroatoms. The van der Waals surface area contributed by atoms with Gasteiger partial charge in [0.2, 0.25) is 0 Å². The zero-order chi connectivity index (χ0) is 10.4. The van der Waals surface area contributed by atoms with Crippen LogP contribution in [0.2, 0.25) is 0 Å². The van der Waals surface area contributed by atoms with E-state index in [0.717, 1.165) is 5.56 Å². The van der Waals surface area contributed by atoms with Crippen LogP contribution in [-0.2, 0) is 11.3 Å². The highest BCUT2D eigenvalue weighted by atomic mass is 16.5. The van der Waals surface area contributed by atoms with E-state index in [0.29, 0.717) is 6.61 Å². The standard InChI is InChI=1S/C10H13NO3/c1-8(11-10(12)13)14-7-9-5-3-2-4-6-9/h2-6,8,11H,7H2,1H3,(H,12,13). The van der Waals surface area contributed by atoms with Gasteiger partial charge in [0.05, 0.1) is 6.61 Å². The lowest BCUT2D eigenvalue weighted by Crippen LogP contribution is -2.33. The van der Waals surface area contributed by atoms with Gasteiger partial charge in [-0.05, 0) is 12.5 Å². The van der Waals surface area contributed by atoms with Gasteiger partial charge in [-0.3, -0.25) is 5.32 Å². The average molecular weight is 195 g/mol. The van der Waals surface area contributed by atoms with E-state index in [4.69, 9.17) is 9.84 Å². The van der Waals surface area contributed by atoms with Gasteiger partial charge in [0.25, 0.3) is 0 Å². The third-order valence-corrected chi connectivity index (χ3v) is 1.67. The summed E-state index contributed by atoms with van der Waals surface area (Å²) in [6.45, 7) is 2.05. The Morgan fingerprint density at radius 1 is 1.50 bits per heavy atom. The quantitative estimate of drug-likeness (QED) is 0.720. The van der Waals surface area contributed by atoms with Gasteiger partial charge in [0.15, 0.2) is 0 Å². The number of carbonyl (C=O) groups is 1. The molecular weight excluding hydrogens is 182 g/mol. The van der Waals surface area contributed by atoms with Crippen molar-refractivity contribution in [2.45, 2.75) is 19.8 Å². The molecule has 0 aliphatic rings. The van der Waals surface area contributed by atoms with Crippen molar-refractivity contribution in [1.29, 1.82) is 0 Å². The molecule has 1 aromatic rings. The molecule has 1 amide bonds. The summed E-state index contributed by atoms with van der Waals surface area (Å²) in [7, 11) is 0. The van der Waals surface area contributed by atoms with Gasteiger partial charge in [-0.2, -0.15) is 0 Å². The van der Waals surface area contributed by atoms with Crippen LogP contribution in [0.25, 0.3) is 0 Å². The van der Waals surface area contributed by atoms with Crippen molar-refractivity contribution in [2.24, 2.45) is 0 Å². The fraction of sp³-hybridized carbons (Fsp3) is 0.300. The molecule has 0 aromatic heterocycles. The van der Waals surface area contributed by atoms with Crippen LogP contribution in [0.4, 0.5) is 4.79 Å². The lowest BCUT2D eigenvalue weighted by molar-refractivity contribution is 0.0320. The second-order valence-electron chi connectivity index (χ2n) is 2.89. The predicted molar refractivity (Wildman–Crippen MR) is 51.9 cm³/mol. The van der Waals surface area contributed by atoms with Crippen LogP contribution in [0.3, 0.4) is 0 Å². The van der Waals surface area contributed by atoms with Crippen molar-refractivity contribution >= 4 is 6.09 Å². The number of hydrogen-bond donors (Lipinski definition) is 2. The summed E-state index contributed by atoms with van der Waals surface area (Å²) in [4.78, 5) is 10.2. The van der Waals surface area contributed by atoms with E-state index < -0.39 is 12.3 Å². The number of ether oxygens (including phenoxy) is 1. The number of carboxylic acid groups (broad SMARTS) is 1. The minimum atomic E-state index is -1.08. The molecule has 0 radical (unpaired) electrons. The van der Waals surface area contributed by atoms with Crippen LogP contribution in [0.1, 0.15) is 12.5 Å². The number of benzene rings is 1. The smallest absolute Gasteiger partial charge is 0.406 e. The summed E-state index contributed by atoms with van der Waals surface area (Å²) in [6.07, 6.45) is -1.57. The van der Waals surface area contributed by atoms with E-state index in [2.05, 4.69) is 5.32 Å². The second-order valence-corrected chi connectivity index (χ2v) is 2.89. The number of hydrogen-bond acceptors (Lipinski definition) is 2. The van der Waals surface area contributed by atoms with Crippen LogP contribution < -0.4 is 5.32 Å². The highest BCUT2D eigenvalue weighted by Crippen LogP contribution is 2.01. The van der Waals surface area contributed by atoms with E-state index >= 15 is 0 Å². The van der Waals surface area contributed by atoms with E-state index in [1.165, 1.54) is 0 Å². The van der Waals surface area contributed by atoms with Gasteiger partial charge in [-0.25, -0.2) is 4.79 Å². The van der Waals surface area contributed by atoms with E-state index in [1.807, 2.05) is 30.3 Å². The summed E-state index contributed by atoms with van der Waals surface area (Å²) in [6, 6.07) is 9.59. The molecule has 0 bridgehead atoms. The molecule has 1 atom stereocenters. The molecule has 76 valence electrons. The Morgan fingerprint density at radius 3 is 2.71 bits per heavy atom. The average Bonchev–Trinajstić information content (AvgIpc) is 2.15. The fourth-order valence-corrected chi connectivity index (χ4v) is 1.01. The predicted octanol–water partition coefficient (Wildman–Crippen LogP) is 1.82. The minimum absolute atomic E-state index is 0.405. The summed E-state index contributed by atoms with van der Waals surface area (Å²) in [5, 5.41) is 10.6. The van der Waals surface area contributed by atoms with Gasteiger partial charge in [-0.1, -0.05) is 30.3 Å². The van der Waals surface area contributed by atoms with Gasteiger partial charge in [0, 0.05) is 0 Å². The molecule has 0 saturated carbocycles. The molecule has 2 N–H and O–H groups in total. The Bertz CT molecular complexity index is 287. The first-order valence-corrected chi connectivity index (χ1v) is 4.33. The molecule has 0 aliphatic heterocycles. The molecule has 0 spiro atoms. The Balaban J connectivity index is 2.30. The van der Waals surface area contributed by atoms with Crippen LogP contribution in [0, 0.1) is 0 Å². The Labute approximate surface area is 82.5 Å². The maximum atomic E-state index is 10.2. The zero-order valence-corrected chi connectivity index (χ0v) is 7.93. The normalized spacial score (nSPS) is 12.1. The lowest BCUT2D eigenvalue weighted by Gasteiger charge is -2.12. The number of nitrogens with one attached hydrogen (secondary N) is 1. The van der Waals surface area contributed by atoms with Crippen molar-refractivity contribution in [3.63, 3.8) is 0 Å². The van der Waals surface area contributed by atoms with Crippen molar-refractivity contribution in [2.75, 3.05) is 0 Å². The van der Waals surface area contributed by atoms with Crippen molar-refractivity contribution < 1.29 is 14.6 Å². The molecule has 0 aliphatic carbocycles. The second kappa shape index (κ2) is 5.24. The van der Waals surface area contributed by atoms with E-state index in [1.54, 1.807) is 6.92 Å². The van der Waals surface area contributed by atoms with Gasteiger partial charge in [0.1, 0.15) is 6.23 Å². The van der Waals surface area contributed by atoms with Gasteiger partial charge < -0.3 is 9.84 Å². The molecule has 4 nitrogen and oxygen atoms in total. The summed E-state index contributed by atoms with van der Waals surface area (Å²) < 4.78 is 5.25. The van der Waals surface area contributed by atoms with E-state index in [9.17, 15) is 4.79 Å². The van der Waals surface area contributed by atoms with Gasteiger partial charge in [-0.15, -0.1) is 0 Å². The van der Waals surface area contributed by atoms with Gasteiger partial charge >= 0.3 is 6.09 Å². The maximum Gasteiger partial charge on any atom is 0.406 e. The summed E-state index contributed by atoms with van der Waals surface area (Å²) >= 11 is 0. The first-order valence-electron chi connectivity index (χ1n) is 4.33. The molecule has 0 saturated heterocycles.